The summed E-state index contributed by atoms with van der Waals surface area (Å²) < 4.78 is 0. The summed E-state index contributed by atoms with van der Waals surface area (Å²) in [6, 6.07) is 18.1. The molecule has 0 radical (unpaired) electrons. The zero-order chi connectivity index (χ0) is 14.7. The molecule has 0 spiro atoms. The van der Waals surface area contributed by atoms with E-state index in [1.807, 2.05) is 0 Å². The lowest BCUT2D eigenvalue weighted by molar-refractivity contribution is 0.643. The molecule has 2 aromatic carbocycles. The van der Waals surface area contributed by atoms with Crippen molar-refractivity contribution < 1.29 is 0 Å². The van der Waals surface area contributed by atoms with Crippen LogP contribution < -0.4 is 5.32 Å². The van der Waals surface area contributed by atoms with Gasteiger partial charge in [0.15, 0.2) is 0 Å². The summed E-state index contributed by atoms with van der Waals surface area (Å²) in [4.78, 5) is 0. The molecule has 0 heterocycles. The van der Waals surface area contributed by atoms with E-state index in [2.05, 4.69) is 67.7 Å². The molecule has 1 aliphatic carbocycles. The maximum absolute atomic E-state index is 3.83. The third kappa shape index (κ3) is 3.12. The summed E-state index contributed by atoms with van der Waals surface area (Å²) in [5.41, 5.74) is 5.73. The number of nitrogens with one attached hydrogen (secondary N) is 1. The van der Waals surface area contributed by atoms with Crippen LogP contribution in [0.15, 0.2) is 48.5 Å². The number of hydrogen-bond acceptors (Lipinski definition) is 1. The fourth-order valence-corrected chi connectivity index (χ4v) is 3.39. The molecule has 0 amide bonds. The predicted molar refractivity (Wildman–Crippen MR) is 90.9 cm³/mol. The molecule has 0 bridgehead atoms. The van der Waals surface area contributed by atoms with Gasteiger partial charge in [0.2, 0.25) is 0 Å². The molecule has 1 atom stereocenters. The highest BCUT2D eigenvalue weighted by molar-refractivity contribution is 5.54. The van der Waals surface area contributed by atoms with E-state index in [9.17, 15) is 0 Å². The molecule has 1 N–H and O–H groups in total. The van der Waals surface area contributed by atoms with Gasteiger partial charge in [-0.2, -0.15) is 0 Å². The van der Waals surface area contributed by atoms with Crippen molar-refractivity contribution in [3.05, 3.63) is 65.2 Å². The van der Waals surface area contributed by atoms with E-state index < -0.39 is 0 Å². The second kappa shape index (κ2) is 6.34. The van der Waals surface area contributed by atoms with Crippen molar-refractivity contribution in [3.63, 3.8) is 0 Å². The summed E-state index contributed by atoms with van der Waals surface area (Å²) >= 11 is 0. The Kier molecular flexibility index (Phi) is 4.28. The maximum atomic E-state index is 3.83. The molecule has 0 saturated carbocycles. The van der Waals surface area contributed by atoms with Crippen molar-refractivity contribution in [2.45, 2.75) is 51.5 Å². The van der Waals surface area contributed by atoms with Gasteiger partial charge in [-0.05, 0) is 47.9 Å². The molecule has 110 valence electrons. The third-order valence-electron chi connectivity index (χ3n) is 4.53. The van der Waals surface area contributed by atoms with E-state index in [4.69, 9.17) is 0 Å². The Morgan fingerprint density at radius 2 is 1.71 bits per heavy atom. The average molecular weight is 279 g/mol. The lowest BCUT2D eigenvalue weighted by Crippen LogP contribution is -2.12. The molecule has 3 rings (SSSR count). The molecule has 0 fully saturated rings. The van der Waals surface area contributed by atoms with E-state index in [0.29, 0.717) is 12.0 Å². The highest BCUT2D eigenvalue weighted by Gasteiger charge is 2.19. The highest BCUT2D eigenvalue weighted by atomic mass is 14.9. The largest absolute Gasteiger partial charge is 0.378 e. The molecule has 1 heteroatoms. The van der Waals surface area contributed by atoms with Gasteiger partial charge in [-0.1, -0.05) is 62.7 Å². The smallest absolute Gasteiger partial charge is 0.0516 e. The summed E-state index contributed by atoms with van der Waals surface area (Å²) in [5.74, 6) is 0.551. The molecule has 21 heavy (non-hydrogen) atoms. The van der Waals surface area contributed by atoms with Gasteiger partial charge in [-0.3, -0.25) is 0 Å². The first-order valence-electron chi connectivity index (χ1n) is 8.19. The quantitative estimate of drug-likeness (QED) is 0.712. The second-order valence-corrected chi connectivity index (χ2v) is 6.38. The van der Waals surface area contributed by atoms with E-state index in [-0.39, 0.29) is 0 Å². The topological polar surface area (TPSA) is 12.0 Å². The Bertz CT molecular complexity index is 600. The first kappa shape index (κ1) is 14.2. The third-order valence-corrected chi connectivity index (χ3v) is 4.53. The van der Waals surface area contributed by atoms with Crippen molar-refractivity contribution in [1.29, 1.82) is 0 Å². The minimum Gasteiger partial charge on any atom is -0.378 e. The summed E-state index contributed by atoms with van der Waals surface area (Å²) in [5, 5.41) is 3.83. The fraction of sp³-hybridized carbons (Fsp3) is 0.400. The van der Waals surface area contributed by atoms with Crippen molar-refractivity contribution in [1.82, 2.24) is 0 Å². The number of hydrogen-bond donors (Lipinski definition) is 1. The molecule has 2 aromatic rings. The van der Waals surface area contributed by atoms with Crippen LogP contribution in [0.1, 0.15) is 61.8 Å². The van der Waals surface area contributed by atoms with Gasteiger partial charge in [-0.25, -0.2) is 0 Å². The number of anilines is 1. The normalized spacial score (nSPS) is 18.1. The van der Waals surface area contributed by atoms with Crippen LogP contribution in [0.5, 0.6) is 0 Å². The predicted octanol–water partition coefficient (Wildman–Crippen LogP) is 5.69. The van der Waals surface area contributed by atoms with Crippen LogP contribution in [-0.4, -0.2) is 0 Å². The highest BCUT2D eigenvalue weighted by Crippen LogP contribution is 2.33. The van der Waals surface area contributed by atoms with Gasteiger partial charge in [0.25, 0.3) is 0 Å². The van der Waals surface area contributed by atoms with E-state index in [1.54, 1.807) is 0 Å². The Labute approximate surface area is 128 Å². The Morgan fingerprint density at radius 3 is 2.57 bits per heavy atom. The molecular weight excluding hydrogens is 254 g/mol. The van der Waals surface area contributed by atoms with Crippen LogP contribution in [-0.2, 0) is 6.42 Å². The molecule has 0 aliphatic heterocycles. The lowest BCUT2D eigenvalue weighted by Gasteiger charge is -2.23. The van der Waals surface area contributed by atoms with Gasteiger partial charge in [0.1, 0.15) is 0 Å². The molecule has 1 nitrogen and oxygen atoms in total. The van der Waals surface area contributed by atoms with Crippen molar-refractivity contribution in [3.8, 4) is 0 Å². The first-order chi connectivity index (χ1) is 10.3. The van der Waals surface area contributed by atoms with Crippen molar-refractivity contribution in [2.75, 3.05) is 5.32 Å². The number of aryl methyl sites for hydroxylation is 1. The van der Waals surface area contributed by atoms with Crippen LogP contribution in [0.4, 0.5) is 5.69 Å². The molecule has 0 aromatic heterocycles. The van der Waals surface area contributed by atoms with Gasteiger partial charge in [0.05, 0.1) is 6.04 Å². The molecular formula is C20H25N. The zero-order valence-corrected chi connectivity index (χ0v) is 13.1. The number of benzene rings is 2. The van der Waals surface area contributed by atoms with E-state index >= 15 is 0 Å². The number of fused-ring (bicyclic) bond motifs is 1. The van der Waals surface area contributed by atoms with Crippen LogP contribution in [0.3, 0.4) is 0 Å². The van der Waals surface area contributed by atoms with Crippen molar-refractivity contribution >= 4 is 5.69 Å². The monoisotopic (exact) mass is 279 g/mol. The maximum Gasteiger partial charge on any atom is 0.0516 e. The first-order valence-corrected chi connectivity index (χ1v) is 8.19. The number of rotatable bonds is 3. The molecule has 1 aliphatic rings. The van der Waals surface area contributed by atoms with Crippen LogP contribution in [0.2, 0.25) is 0 Å². The van der Waals surface area contributed by atoms with Gasteiger partial charge in [-0.15, -0.1) is 0 Å². The van der Waals surface area contributed by atoms with Gasteiger partial charge >= 0.3 is 0 Å². The van der Waals surface area contributed by atoms with Crippen LogP contribution in [0, 0.1) is 0 Å². The van der Waals surface area contributed by atoms with Gasteiger partial charge in [0, 0.05) is 5.69 Å². The summed E-state index contributed by atoms with van der Waals surface area (Å²) in [6.07, 6.45) is 5.06. The lowest BCUT2D eigenvalue weighted by atomic mass is 9.96. The summed E-state index contributed by atoms with van der Waals surface area (Å²) in [7, 11) is 0. The minimum absolute atomic E-state index is 0.448. The Balaban J connectivity index is 1.91. The Morgan fingerprint density at radius 1 is 0.952 bits per heavy atom. The average Bonchev–Trinajstić information content (AvgIpc) is 2.70. The minimum atomic E-state index is 0.448. The Hall–Kier alpha value is -1.76. The number of para-hydroxylation sites is 1. The van der Waals surface area contributed by atoms with Gasteiger partial charge < -0.3 is 5.32 Å². The van der Waals surface area contributed by atoms with E-state index in [1.165, 1.54) is 48.1 Å². The summed E-state index contributed by atoms with van der Waals surface area (Å²) in [6.45, 7) is 4.53. The van der Waals surface area contributed by atoms with Crippen molar-refractivity contribution in [2.24, 2.45) is 0 Å². The van der Waals surface area contributed by atoms with Crippen LogP contribution in [0.25, 0.3) is 0 Å². The SMILES string of the molecule is CC(C)c1ccccc1NC1CCCCc2ccccc21. The van der Waals surface area contributed by atoms with Crippen LogP contribution >= 0.6 is 0 Å². The fourth-order valence-electron chi connectivity index (χ4n) is 3.39. The molecule has 0 saturated heterocycles. The zero-order valence-electron chi connectivity index (χ0n) is 13.1. The molecule has 1 unspecified atom stereocenters. The standard InChI is InChI=1S/C20H25N/c1-15(2)17-11-6-8-13-19(17)21-20-14-7-4-10-16-9-3-5-12-18(16)20/h3,5-6,8-9,11-13,15,20-21H,4,7,10,14H2,1-2H3. The second-order valence-electron chi connectivity index (χ2n) is 6.38. The van der Waals surface area contributed by atoms with E-state index in [0.717, 1.165) is 0 Å².